The molecule has 0 saturated carbocycles. The quantitative estimate of drug-likeness (QED) is 0.621. The summed E-state index contributed by atoms with van der Waals surface area (Å²) in [5, 5.41) is 15.0. The number of nitrogens with one attached hydrogen (secondary N) is 1. The number of methoxy groups -OCH3 is 2. The van der Waals surface area contributed by atoms with Crippen molar-refractivity contribution in [2.45, 2.75) is 10.1 Å². The predicted octanol–water partition coefficient (Wildman–Crippen LogP) is 4.01. The van der Waals surface area contributed by atoms with Crippen molar-refractivity contribution in [2.75, 3.05) is 26.6 Å². The van der Waals surface area contributed by atoms with Gasteiger partial charge in [-0.25, -0.2) is 4.98 Å². The molecular formula is C15H16N4O2S3. The third kappa shape index (κ3) is 3.80. The number of rotatable bonds is 7. The minimum atomic E-state index is 0.703. The predicted molar refractivity (Wildman–Crippen MR) is 99.7 cm³/mol. The molecule has 9 heteroatoms. The van der Waals surface area contributed by atoms with E-state index >= 15 is 0 Å². The second kappa shape index (κ2) is 7.82. The van der Waals surface area contributed by atoms with Gasteiger partial charge in [-0.2, -0.15) is 0 Å². The molecule has 3 rings (SSSR count). The Bertz CT molecular complexity index is 819. The van der Waals surface area contributed by atoms with Crippen LogP contribution in [0.25, 0.3) is 10.6 Å². The molecule has 0 amide bonds. The normalized spacial score (nSPS) is 10.6. The number of thioether (sulfide) groups is 1. The van der Waals surface area contributed by atoms with Crippen LogP contribution >= 0.6 is 34.4 Å². The smallest absolute Gasteiger partial charge is 0.206 e. The Morgan fingerprint density at radius 3 is 2.71 bits per heavy atom. The molecule has 0 saturated heterocycles. The topological polar surface area (TPSA) is 69.2 Å². The van der Waals surface area contributed by atoms with Gasteiger partial charge in [0.2, 0.25) is 5.13 Å². The van der Waals surface area contributed by atoms with Gasteiger partial charge in [0.1, 0.15) is 5.01 Å². The van der Waals surface area contributed by atoms with Crippen LogP contribution in [0.1, 0.15) is 5.69 Å². The zero-order valence-electron chi connectivity index (χ0n) is 13.4. The molecule has 6 nitrogen and oxygen atoms in total. The van der Waals surface area contributed by atoms with E-state index in [1.54, 1.807) is 37.3 Å². The van der Waals surface area contributed by atoms with Gasteiger partial charge in [-0.1, -0.05) is 23.1 Å². The Morgan fingerprint density at radius 1 is 1.17 bits per heavy atom. The zero-order valence-corrected chi connectivity index (χ0v) is 15.8. The van der Waals surface area contributed by atoms with Gasteiger partial charge in [0, 0.05) is 23.7 Å². The molecule has 1 aromatic carbocycles. The van der Waals surface area contributed by atoms with Crippen LogP contribution in [0, 0.1) is 0 Å². The molecule has 0 radical (unpaired) electrons. The van der Waals surface area contributed by atoms with Crippen molar-refractivity contribution in [3.63, 3.8) is 0 Å². The molecule has 0 fully saturated rings. The summed E-state index contributed by atoms with van der Waals surface area (Å²) in [4.78, 5) is 4.70. The average Bonchev–Trinajstić information content (AvgIpc) is 3.28. The number of thiazole rings is 1. The lowest BCUT2D eigenvalue weighted by Gasteiger charge is -2.08. The maximum Gasteiger partial charge on any atom is 0.206 e. The summed E-state index contributed by atoms with van der Waals surface area (Å²) in [7, 11) is 5.10. The Kier molecular flexibility index (Phi) is 5.54. The van der Waals surface area contributed by atoms with E-state index in [-0.39, 0.29) is 0 Å². The van der Waals surface area contributed by atoms with Gasteiger partial charge in [-0.15, -0.1) is 21.5 Å². The summed E-state index contributed by atoms with van der Waals surface area (Å²) in [6.45, 7) is 0. The van der Waals surface area contributed by atoms with Crippen molar-refractivity contribution in [3.8, 4) is 22.1 Å². The van der Waals surface area contributed by atoms with E-state index in [9.17, 15) is 0 Å². The molecule has 1 N–H and O–H groups in total. The fourth-order valence-corrected chi connectivity index (χ4v) is 4.50. The number of hydrogen-bond acceptors (Lipinski definition) is 9. The lowest BCUT2D eigenvalue weighted by Crippen LogP contribution is -1.90. The molecule has 0 aliphatic carbocycles. The minimum Gasteiger partial charge on any atom is -0.493 e. The van der Waals surface area contributed by atoms with Crippen molar-refractivity contribution in [1.29, 1.82) is 0 Å². The van der Waals surface area contributed by atoms with Crippen LogP contribution in [-0.4, -0.2) is 36.4 Å². The van der Waals surface area contributed by atoms with Gasteiger partial charge in [0.15, 0.2) is 15.8 Å². The summed E-state index contributed by atoms with van der Waals surface area (Å²) in [6.07, 6.45) is 0. The van der Waals surface area contributed by atoms with Crippen LogP contribution < -0.4 is 14.8 Å². The Hall–Kier alpha value is -1.84. The van der Waals surface area contributed by atoms with E-state index in [4.69, 9.17) is 14.5 Å². The van der Waals surface area contributed by atoms with E-state index in [0.717, 1.165) is 31.5 Å². The summed E-state index contributed by atoms with van der Waals surface area (Å²) < 4.78 is 11.6. The Morgan fingerprint density at radius 2 is 2.00 bits per heavy atom. The number of anilines is 1. The fourth-order valence-electron chi connectivity index (χ4n) is 1.98. The Balaban J connectivity index is 1.71. The highest BCUT2D eigenvalue weighted by Gasteiger charge is 2.11. The molecule has 2 heterocycles. The first kappa shape index (κ1) is 17.0. The van der Waals surface area contributed by atoms with Crippen LogP contribution in [-0.2, 0) is 5.75 Å². The lowest BCUT2D eigenvalue weighted by molar-refractivity contribution is 0.355. The highest BCUT2D eigenvalue weighted by Crippen LogP contribution is 2.34. The molecule has 2 aromatic heterocycles. The van der Waals surface area contributed by atoms with Crippen molar-refractivity contribution >= 4 is 39.6 Å². The average molecular weight is 381 g/mol. The monoisotopic (exact) mass is 380 g/mol. The number of aromatic nitrogens is 3. The highest BCUT2D eigenvalue weighted by atomic mass is 32.2. The van der Waals surface area contributed by atoms with Gasteiger partial charge in [-0.05, 0) is 18.2 Å². The van der Waals surface area contributed by atoms with Crippen molar-refractivity contribution in [1.82, 2.24) is 15.2 Å². The van der Waals surface area contributed by atoms with Crippen LogP contribution in [0.15, 0.2) is 27.9 Å². The van der Waals surface area contributed by atoms with Crippen molar-refractivity contribution in [3.05, 3.63) is 29.3 Å². The van der Waals surface area contributed by atoms with Crippen molar-refractivity contribution in [2.24, 2.45) is 0 Å². The molecule has 24 heavy (non-hydrogen) atoms. The molecule has 0 aliphatic rings. The highest BCUT2D eigenvalue weighted by molar-refractivity contribution is 8.00. The molecule has 0 aliphatic heterocycles. The van der Waals surface area contributed by atoms with E-state index < -0.39 is 0 Å². The summed E-state index contributed by atoms with van der Waals surface area (Å²) >= 11 is 4.79. The number of benzene rings is 1. The molecule has 126 valence electrons. The number of nitrogens with zero attached hydrogens (tertiary/aromatic N) is 3. The third-order valence-electron chi connectivity index (χ3n) is 3.15. The minimum absolute atomic E-state index is 0.703. The van der Waals surface area contributed by atoms with E-state index in [2.05, 4.69) is 20.9 Å². The lowest BCUT2D eigenvalue weighted by atomic mass is 10.2. The first-order chi connectivity index (χ1) is 11.7. The maximum absolute atomic E-state index is 5.35. The number of hydrogen-bond donors (Lipinski definition) is 1. The third-order valence-corrected chi connectivity index (χ3v) is 6.19. The molecule has 0 unspecified atom stereocenters. The fraction of sp³-hybridized carbons (Fsp3) is 0.267. The van der Waals surface area contributed by atoms with E-state index in [1.807, 2.05) is 25.2 Å². The van der Waals surface area contributed by atoms with Crippen LogP contribution in [0.5, 0.6) is 11.5 Å². The van der Waals surface area contributed by atoms with Gasteiger partial charge in [-0.3, -0.25) is 0 Å². The molecule has 0 atom stereocenters. The maximum atomic E-state index is 5.35. The largest absolute Gasteiger partial charge is 0.493 e. The summed E-state index contributed by atoms with van der Waals surface area (Å²) in [5.41, 5.74) is 2.04. The molecule has 3 aromatic rings. The van der Waals surface area contributed by atoms with Crippen LogP contribution in [0.4, 0.5) is 5.13 Å². The van der Waals surface area contributed by atoms with Crippen LogP contribution in [0.2, 0.25) is 0 Å². The summed E-state index contributed by atoms with van der Waals surface area (Å²) in [6, 6.07) is 5.82. The van der Waals surface area contributed by atoms with Crippen molar-refractivity contribution < 1.29 is 9.47 Å². The van der Waals surface area contributed by atoms with E-state index in [1.165, 1.54) is 11.3 Å². The standard InChI is InChI=1S/C15H16N4O2S3/c1-16-14-18-19-15(24-14)23-8-10-7-22-13(17-10)9-4-5-11(20-2)12(6-9)21-3/h4-7H,8H2,1-3H3,(H,16,18). The molecule has 0 spiro atoms. The molecular weight excluding hydrogens is 364 g/mol. The second-order valence-electron chi connectivity index (χ2n) is 4.63. The van der Waals surface area contributed by atoms with Gasteiger partial charge < -0.3 is 14.8 Å². The van der Waals surface area contributed by atoms with Gasteiger partial charge in [0.05, 0.1) is 19.9 Å². The van der Waals surface area contributed by atoms with E-state index in [0.29, 0.717) is 11.5 Å². The second-order valence-corrected chi connectivity index (χ2v) is 7.68. The molecule has 0 bridgehead atoms. The van der Waals surface area contributed by atoms with Gasteiger partial charge >= 0.3 is 0 Å². The van der Waals surface area contributed by atoms with Gasteiger partial charge in [0.25, 0.3) is 0 Å². The zero-order chi connectivity index (χ0) is 16.9. The SMILES string of the molecule is CNc1nnc(SCc2csc(-c3ccc(OC)c(OC)c3)n2)s1. The Labute approximate surface area is 152 Å². The number of ether oxygens (including phenoxy) is 2. The first-order valence-corrected chi connectivity index (χ1v) is 9.72. The first-order valence-electron chi connectivity index (χ1n) is 7.04. The summed E-state index contributed by atoms with van der Waals surface area (Å²) in [5.74, 6) is 2.18. The van der Waals surface area contributed by atoms with Crippen LogP contribution in [0.3, 0.4) is 0 Å².